The summed E-state index contributed by atoms with van der Waals surface area (Å²) in [5.74, 6) is 0.440. The molecule has 2 rings (SSSR count). The Morgan fingerprint density at radius 2 is 2.00 bits per heavy atom. The van der Waals surface area contributed by atoms with Gasteiger partial charge < -0.3 is 10.5 Å². The van der Waals surface area contributed by atoms with Crippen molar-refractivity contribution in [3.05, 3.63) is 57.8 Å². The quantitative estimate of drug-likeness (QED) is 0.383. The van der Waals surface area contributed by atoms with E-state index >= 15 is 0 Å². The number of aromatic nitrogens is 1. The Balaban J connectivity index is 2.33. The molecule has 0 bridgehead atoms. The first-order valence-electron chi connectivity index (χ1n) is 5.71. The molecule has 0 radical (unpaired) electrons. The molecule has 20 heavy (non-hydrogen) atoms. The molecule has 3 N–H and O–H groups in total. The summed E-state index contributed by atoms with van der Waals surface area (Å²) in [6.07, 6.45) is 1.54. The molecule has 2 aromatic rings. The summed E-state index contributed by atoms with van der Waals surface area (Å²) in [4.78, 5) is 14.1. The summed E-state index contributed by atoms with van der Waals surface area (Å²) < 4.78 is 5.53. The highest BCUT2D eigenvalue weighted by Crippen LogP contribution is 2.26. The van der Waals surface area contributed by atoms with E-state index in [2.05, 4.69) is 4.98 Å². The van der Waals surface area contributed by atoms with Crippen molar-refractivity contribution in [1.82, 2.24) is 4.98 Å². The Hall–Kier alpha value is -2.96. The van der Waals surface area contributed by atoms with Crippen molar-refractivity contribution in [2.45, 2.75) is 6.92 Å². The molecule has 0 aliphatic rings. The number of nitro benzene ring substituents is 1. The Morgan fingerprint density at radius 1 is 1.35 bits per heavy atom. The van der Waals surface area contributed by atoms with E-state index in [4.69, 9.17) is 15.9 Å². The maximum absolute atomic E-state index is 10.6. The fraction of sp³-hybridized carbons (Fsp3) is 0.0769. The molecular formula is C13H12N4O3. The first kappa shape index (κ1) is 13.5. The molecule has 0 spiro atoms. The average molecular weight is 272 g/mol. The highest BCUT2D eigenvalue weighted by molar-refractivity contribution is 5.98. The van der Waals surface area contributed by atoms with Crippen LogP contribution in [0.15, 0.2) is 36.5 Å². The largest absolute Gasteiger partial charge is 0.438 e. The Kier molecular flexibility index (Phi) is 3.60. The molecule has 0 atom stereocenters. The van der Waals surface area contributed by atoms with Crippen molar-refractivity contribution >= 4 is 11.5 Å². The lowest BCUT2D eigenvalue weighted by Gasteiger charge is -2.10. The number of non-ortho nitro benzene ring substituents is 1. The summed E-state index contributed by atoms with van der Waals surface area (Å²) in [6.45, 7) is 1.79. The van der Waals surface area contributed by atoms with Crippen LogP contribution in [-0.2, 0) is 0 Å². The molecule has 0 fully saturated rings. The van der Waals surface area contributed by atoms with Crippen LogP contribution in [0.4, 0.5) is 5.69 Å². The minimum Gasteiger partial charge on any atom is -0.438 e. The van der Waals surface area contributed by atoms with Gasteiger partial charge in [-0.1, -0.05) is 0 Å². The molecule has 1 aromatic heterocycles. The number of nitrogens with one attached hydrogen (secondary N) is 1. The first-order chi connectivity index (χ1) is 9.49. The zero-order chi connectivity index (χ0) is 14.7. The van der Waals surface area contributed by atoms with E-state index in [-0.39, 0.29) is 17.4 Å². The Morgan fingerprint density at radius 3 is 2.55 bits per heavy atom. The van der Waals surface area contributed by atoms with Crippen LogP contribution in [0.5, 0.6) is 11.6 Å². The lowest BCUT2D eigenvalue weighted by molar-refractivity contribution is -0.384. The van der Waals surface area contributed by atoms with Crippen molar-refractivity contribution in [2.75, 3.05) is 0 Å². The fourth-order valence-corrected chi connectivity index (χ4v) is 1.69. The van der Waals surface area contributed by atoms with Gasteiger partial charge >= 0.3 is 0 Å². The number of aryl methyl sites for hydroxylation is 1. The molecule has 102 valence electrons. The second-order valence-electron chi connectivity index (χ2n) is 4.07. The van der Waals surface area contributed by atoms with Crippen LogP contribution in [0, 0.1) is 22.4 Å². The van der Waals surface area contributed by atoms with Crippen molar-refractivity contribution < 1.29 is 9.66 Å². The number of hydrogen-bond donors (Lipinski definition) is 2. The van der Waals surface area contributed by atoms with Crippen LogP contribution < -0.4 is 10.5 Å². The molecule has 7 nitrogen and oxygen atoms in total. The summed E-state index contributed by atoms with van der Waals surface area (Å²) in [7, 11) is 0. The number of nitro groups is 1. The number of ether oxygens (including phenoxy) is 1. The molecule has 0 aliphatic heterocycles. The van der Waals surface area contributed by atoms with Crippen molar-refractivity contribution in [3.8, 4) is 11.6 Å². The van der Waals surface area contributed by atoms with Crippen LogP contribution in [-0.4, -0.2) is 15.7 Å². The monoisotopic (exact) mass is 272 g/mol. The zero-order valence-electron chi connectivity index (χ0n) is 10.7. The lowest BCUT2D eigenvalue weighted by Crippen LogP contribution is -2.14. The van der Waals surface area contributed by atoms with E-state index < -0.39 is 4.92 Å². The Labute approximate surface area is 114 Å². The molecule has 7 heteroatoms. The van der Waals surface area contributed by atoms with Gasteiger partial charge in [0.05, 0.1) is 10.5 Å². The van der Waals surface area contributed by atoms with Crippen LogP contribution in [0.2, 0.25) is 0 Å². The van der Waals surface area contributed by atoms with Gasteiger partial charge in [-0.2, -0.15) is 0 Å². The highest BCUT2D eigenvalue weighted by atomic mass is 16.6. The van der Waals surface area contributed by atoms with Gasteiger partial charge in [0.15, 0.2) is 0 Å². The molecule has 1 aromatic carbocycles. The first-order valence-corrected chi connectivity index (χ1v) is 5.71. The van der Waals surface area contributed by atoms with Crippen LogP contribution in [0.3, 0.4) is 0 Å². The van der Waals surface area contributed by atoms with E-state index in [1.54, 1.807) is 19.2 Å². The maximum atomic E-state index is 10.6. The predicted octanol–water partition coefficient (Wildman–Crippen LogP) is 2.37. The second kappa shape index (κ2) is 5.35. The minimum absolute atomic E-state index is 0.0265. The van der Waals surface area contributed by atoms with Crippen molar-refractivity contribution in [2.24, 2.45) is 5.73 Å². The van der Waals surface area contributed by atoms with Gasteiger partial charge in [-0.15, -0.1) is 0 Å². The third kappa shape index (κ3) is 2.72. The van der Waals surface area contributed by atoms with Gasteiger partial charge in [0, 0.05) is 18.3 Å². The third-order valence-electron chi connectivity index (χ3n) is 2.66. The highest BCUT2D eigenvalue weighted by Gasteiger charge is 2.13. The SMILES string of the molecule is Cc1ccnc(Oc2ccc([N+](=O)[O-])cc2)c1C(=N)N. The van der Waals surface area contributed by atoms with E-state index in [1.807, 2.05) is 0 Å². The van der Waals surface area contributed by atoms with Gasteiger partial charge in [0.1, 0.15) is 11.6 Å². The van der Waals surface area contributed by atoms with E-state index in [0.717, 1.165) is 5.56 Å². The molecule has 0 aliphatic carbocycles. The number of amidine groups is 1. The number of nitrogen functional groups attached to an aromatic ring is 1. The fourth-order valence-electron chi connectivity index (χ4n) is 1.69. The maximum Gasteiger partial charge on any atom is 0.269 e. The number of nitrogens with zero attached hydrogens (tertiary/aromatic N) is 2. The predicted molar refractivity (Wildman–Crippen MR) is 73.2 cm³/mol. The number of nitrogens with two attached hydrogens (primary N) is 1. The molecule has 0 unspecified atom stereocenters. The summed E-state index contributed by atoms with van der Waals surface area (Å²) >= 11 is 0. The number of rotatable bonds is 4. The molecule has 0 saturated carbocycles. The van der Waals surface area contributed by atoms with Crippen LogP contribution >= 0.6 is 0 Å². The smallest absolute Gasteiger partial charge is 0.269 e. The van der Waals surface area contributed by atoms with Gasteiger partial charge in [-0.25, -0.2) is 4.98 Å². The summed E-state index contributed by atoms with van der Waals surface area (Å²) in [5, 5.41) is 18.1. The number of benzene rings is 1. The third-order valence-corrected chi connectivity index (χ3v) is 2.66. The van der Waals surface area contributed by atoms with Crippen LogP contribution in [0.25, 0.3) is 0 Å². The molecule has 1 heterocycles. The normalized spacial score (nSPS) is 10.1. The summed E-state index contributed by atoms with van der Waals surface area (Å²) in [6, 6.07) is 7.31. The molecule has 0 saturated heterocycles. The average Bonchev–Trinajstić information content (AvgIpc) is 2.39. The summed E-state index contributed by atoms with van der Waals surface area (Å²) in [5.41, 5.74) is 6.66. The minimum atomic E-state index is -0.490. The van der Waals surface area contributed by atoms with Crippen LogP contribution in [0.1, 0.15) is 11.1 Å². The lowest BCUT2D eigenvalue weighted by atomic mass is 10.1. The molecular weight excluding hydrogens is 260 g/mol. The number of pyridine rings is 1. The topological polar surface area (TPSA) is 115 Å². The van der Waals surface area contributed by atoms with E-state index in [9.17, 15) is 10.1 Å². The van der Waals surface area contributed by atoms with E-state index in [1.165, 1.54) is 24.3 Å². The van der Waals surface area contributed by atoms with Gasteiger partial charge in [-0.3, -0.25) is 15.5 Å². The van der Waals surface area contributed by atoms with E-state index in [0.29, 0.717) is 11.3 Å². The standard InChI is InChI=1S/C13H12N4O3/c1-8-6-7-16-13(11(8)12(14)15)20-10-4-2-9(3-5-10)17(18)19/h2-7H,1H3,(H3,14,15). The molecule has 0 amide bonds. The zero-order valence-corrected chi connectivity index (χ0v) is 10.7. The second-order valence-corrected chi connectivity index (χ2v) is 4.07. The van der Waals surface area contributed by atoms with Crippen molar-refractivity contribution in [1.29, 1.82) is 5.41 Å². The number of hydrogen-bond acceptors (Lipinski definition) is 5. The van der Waals surface area contributed by atoms with Crippen molar-refractivity contribution in [3.63, 3.8) is 0 Å². The van der Waals surface area contributed by atoms with Gasteiger partial charge in [0.25, 0.3) is 5.69 Å². The Bertz CT molecular complexity index is 668. The van der Waals surface area contributed by atoms with Gasteiger partial charge in [0.2, 0.25) is 5.88 Å². The van der Waals surface area contributed by atoms with Gasteiger partial charge in [-0.05, 0) is 30.7 Å².